The Morgan fingerprint density at radius 1 is 1.53 bits per heavy atom. The highest BCUT2D eigenvalue weighted by Crippen LogP contribution is 2.39. The van der Waals surface area contributed by atoms with Crippen molar-refractivity contribution in [1.82, 2.24) is 20.3 Å². The van der Waals surface area contributed by atoms with E-state index in [1.54, 1.807) is 0 Å². The number of nitrogens with one attached hydrogen (secondary N) is 1. The van der Waals surface area contributed by atoms with Crippen LogP contribution in [0.1, 0.15) is 25.1 Å². The lowest BCUT2D eigenvalue weighted by molar-refractivity contribution is 0.503. The predicted molar refractivity (Wildman–Crippen MR) is 75.6 cm³/mol. The van der Waals surface area contributed by atoms with E-state index in [1.165, 1.54) is 23.6 Å². The number of rotatable bonds is 4. The highest BCUT2D eigenvalue weighted by atomic mass is 32.2. The molecular formula is C11H20N4S2. The Labute approximate surface area is 111 Å². The van der Waals surface area contributed by atoms with Crippen LogP contribution in [0.15, 0.2) is 6.20 Å². The zero-order valence-electron chi connectivity index (χ0n) is 10.6. The van der Waals surface area contributed by atoms with Crippen LogP contribution in [0.4, 0.5) is 0 Å². The summed E-state index contributed by atoms with van der Waals surface area (Å²) in [6.45, 7) is 2.28. The average molecular weight is 272 g/mol. The van der Waals surface area contributed by atoms with E-state index in [2.05, 4.69) is 46.1 Å². The van der Waals surface area contributed by atoms with Gasteiger partial charge in [-0.2, -0.15) is 23.5 Å². The van der Waals surface area contributed by atoms with Crippen LogP contribution in [-0.4, -0.2) is 44.0 Å². The maximum atomic E-state index is 4.04. The van der Waals surface area contributed by atoms with Gasteiger partial charge in [0, 0.05) is 29.1 Å². The third kappa shape index (κ3) is 2.80. The summed E-state index contributed by atoms with van der Waals surface area (Å²) in [5.74, 6) is 2.52. The van der Waals surface area contributed by atoms with E-state index in [9.17, 15) is 0 Å². The first-order chi connectivity index (χ1) is 8.27. The third-order valence-corrected chi connectivity index (χ3v) is 6.55. The van der Waals surface area contributed by atoms with Gasteiger partial charge in [-0.05, 0) is 13.5 Å². The summed E-state index contributed by atoms with van der Waals surface area (Å²) in [6.07, 6.45) is 3.11. The van der Waals surface area contributed by atoms with Crippen LogP contribution in [0.5, 0.6) is 0 Å². The smallest absolute Gasteiger partial charge is 0.0764 e. The second-order valence-corrected chi connectivity index (χ2v) is 6.83. The maximum Gasteiger partial charge on any atom is 0.0764 e. The van der Waals surface area contributed by atoms with Crippen molar-refractivity contribution < 1.29 is 0 Å². The van der Waals surface area contributed by atoms with Gasteiger partial charge >= 0.3 is 0 Å². The Morgan fingerprint density at radius 2 is 2.29 bits per heavy atom. The summed E-state index contributed by atoms with van der Waals surface area (Å²) < 4.78 is 1.88. The Kier molecular flexibility index (Phi) is 4.76. The first kappa shape index (κ1) is 13.2. The van der Waals surface area contributed by atoms with Gasteiger partial charge in [0.25, 0.3) is 0 Å². The van der Waals surface area contributed by atoms with E-state index in [1.807, 2.05) is 25.0 Å². The minimum Gasteiger partial charge on any atom is -0.311 e. The monoisotopic (exact) mass is 272 g/mol. The molecule has 6 heteroatoms. The van der Waals surface area contributed by atoms with E-state index < -0.39 is 0 Å². The molecule has 4 nitrogen and oxygen atoms in total. The molecule has 0 aliphatic carbocycles. The van der Waals surface area contributed by atoms with Crippen molar-refractivity contribution in [3.8, 4) is 0 Å². The Morgan fingerprint density at radius 3 is 2.88 bits per heavy atom. The minimum atomic E-state index is 0.345. The van der Waals surface area contributed by atoms with Crippen molar-refractivity contribution in [2.75, 3.05) is 18.6 Å². The summed E-state index contributed by atoms with van der Waals surface area (Å²) in [5, 5.41) is 12.8. The summed E-state index contributed by atoms with van der Waals surface area (Å²) in [5.41, 5.74) is 1.19. The van der Waals surface area contributed by atoms with Gasteiger partial charge in [-0.15, -0.1) is 5.10 Å². The zero-order valence-corrected chi connectivity index (χ0v) is 12.2. The first-order valence-electron chi connectivity index (χ1n) is 6.03. The van der Waals surface area contributed by atoms with Crippen LogP contribution < -0.4 is 5.32 Å². The van der Waals surface area contributed by atoms with Gasteiger partial charge in [0.2, 0.25) is 0 Å². The van der Waals surface area contributed by atoms with Crippen LogP contribution in [0, 0.1) is 0 Å². The number of thioether (sulfide) groups is 2. The molecule has 0 saturated carbocycles. The van der Waals surface area contributed by atoms with E-state index in [0.717, 1.165) is 5.25 Å². The molecule has 1 fully saturated rings. The maximum absolute atomic E-state index is 4.04. The third-order valence-electron chi connectivity index (χ3n) is 3.20. The van der Waals surface area contributed by atoms with Gasteiger partial charge in [0.15, 0.2) is 0 Å². The number of hydrogen-bond donors (Lipinski definition) is 1. The van der Waals surface area contributed by atoms with Gasteiger partial charge in [-0.25, -0.2) is 0 Å². The Bertz CT molecular complexity index is 355. The molecule has 0 bridgehead atoms. The molecule has 1 aromatic rings. The molecular weight excluding hydrogens is 252 g/mol. The number of hydrogen-bond acceptors (Lipinski definition) is 5. The van der Waals surface area contributed by atoms with Crippen molar-refractivity contribution in [2.45, 2.75) is 29.9 Å². The fourth-order valence-electron chi connectivity index (χ4n) is 2.31. The lowest BCUT2D eigenvalue weighted by Gasteiger charge is -2.35. The second kappa shape index (κ2) is 6.11. The number of nitrogens with zero attached hydrogens (tertiary/aromatic N) is 3. The van der Waals surface area contributed by atoms with Crippen LogP contribution in [0.25, 0.3) is 0 Å². The van der Waals surface area contributed by atoms with E-state index in [0.29, 0.717) is 11.3 Å². The number of aromatic nitrogens is 3. The van der Waals surface area contributed by atoms with Crippen molar-refractivity contribution in [2.24, 2.45) is 7.05 Å². The van der Waals surface area contributed by atoms with Crippen molar-refractivity contribution in [3.05, 3.63) is 11.9 Å². The molecule has 0 aromatic carbocycles. The summed E-state index contributed by atoms with van der Waals surface area (Å²) in [7, 11) is 4.00. The molecule has 96 valence electrons. The second-order valence-electron chi connectivity index (χ2n) is 4.20. The summed E-state index contributed by atoms with van der Waals surface area (Å²) >= 11 is 4.19. The molecule has 1 aliphatic rings. The zero-order chi connectivity index (χ0) is 12.3. The van der Waals surface area contributed by atoms with E-state index in [4.69, 9.17) is 0 Å². The van der Waals surface area contributed by atoms with Gasteiger partial charge in [0.05, 0.1) is 17.9 Å². The quantitative estimate of drug-likeness (QED) is 0.904. The van der Waals surface area contributed by atoms with Crippen LogP contribution in [0.2, 0.25) is 0 Å². The molecule has 3 atom stereocenters. The van der Waals surface area contributed by atoms with Gasteiger partial charge < -0.3 is 5.32 Å². The predicted octanol–water partition coefficient (Wildman–Crippen LogP) is 1.70. The molecule has 3 unspecified atom stereocenters. The van der Waals surface area contributed by atoms with Crippen molar-refractivity contribution >= 4 is 23.5 Å². The largest absolute Gasteiger partial charge is 0.311 e. The van der Waals surface area contributed by atoms with Crippen LogP contribution >= 0.6 is 23.5 Å². The molecule has 2 heterocycles. The lowest BCUT2D eigenvalue weighted by atomic mass is 10.1. The lowest BCUT2D eigenvalue weighted by Crippen LogP contribution is -2.38. The molecule has 0 amide bonds. The molecule has 2 rings (SSSR count). The van der Waals surface area contributed by atoms with Crippen molar-refractivity contribution in [3.63, 3.8) is 0 Å². The molecule has 0 radical (unpaired) electrons. The molecule has 1 saturated heterocycles. The highest BCUT2D eigenvalue weighted by Gasteiger charge is 2.33. The standard InChI is InChI=1S/C11H20N4S2/c1-4-9-11(17-6-5-16-9)10(12-2)8-7-13-14-15(8)3/h7,9-12H,4-6H2,1-3H3. The molecule has 1 N–H and O–H groups in total. The van der Waals surface area contributed by atoms with Crippen LogP contribution in [-0.2, 0) is 7.05 Å². The average Bonchev–Trinajstić information content (AvgIpc) is 2.78. The van der Waals surface area contributed by atoms with Gasteiger partial charge in [-0.3, -0.25) is 4.68 Å². The molecule has 1 aliphatic heterocycles. The van der Waals surface area contributed by atoms with E-state index >= 15 is 0 Å². The SMILES string of the molecule is CCC1SCCSC1C(NC)c1cnnn1C. The van der Waals surface area contributed by atoms with Crippen molar-refractivity contribution in [1.29, 1.82) is 0 Å². The normalized spacial score (nSPS) is 27.0. The Hall–Kier alpha value is -0.200. The highest BCUT2D eigenvalue weighted by molar-refractivity contribution is 8.07. The molecule has 17 heavy (non-hydrogen) atoms. The minimum absolute atomic E-state index is 0.345. The first-order valence-corrected chi connectivity index (χ1v) is 8.12. The van der Waals surface area contributed by atoms with Crippen LogP contribution in [0.3, 0.4) is 0 Å². The topological polar surface area (TPSA) is 42.7 Å². The summed E-state index contributed by atoms with van der Waals surface area (Å²) in [4.78, 5) is 0. The van der Waals surface area contributed by atoms with Gasteiger partial charge in [-0.1, -0.05) is 12.1 Å². The molecule has 1 aromatic heterocycles. The fourth-order valence-corrected chi connectivity index (χ4v) is 5.58. The number of aryl methyl sites for hydroxylation is 1. The van der Waals surface area contributed by atoms with E-state index in [-0.39, 0.29) is 0 Å². The molecule has 0 spiro atoms. The van der Waals surface area contributed by atoms with Gasteiger partial charge in [0.1, 0.15) is 0 Å². The Balaban J connectivity index is 2.19. The fraction of sp³-hybridized carbons (Fsp3) is 0.818. The summed E-state index contributed by atoms with van der Waals surface area (Å²) in [6, 6.07) is 0.345.